The molecule has 2 amide bonds. The Morgan fingerprint density at radius 1 is 1.30 bits per heavy atom. The topological polar surface area (TPSA) is 57.6 Å². The third-order valence-electron chi connectivity index (χ3n) is 3.74. The predicted octanol–water partition coefficient (Wildman–Crippen LogP) is 2.15. The average molecular weight is 300 g/mol. The highest BCUT2D eigenvalue weighted by Crippen LogP contribution is 2.29. The maximum Gasteiger partial charge on any atom is 0.232 e. The monoisotopic (exact) mass is 299 g/mol. The minimum absolute atomic E-state index is 0.0673. The van der Waals surface area contributed by atoms with Gasteiger partial charge in [0.05, 0.1) is 12.6 Å². The molecule has 0 aliphatic carbocycles. The van der Waals surface area contributed by atoms with Gasteiger partial charge in [-0.05, 0) is 12.1 Å². The highest BCUT2D eigenvalue weighted by Gasteiger charge is 2.42. The van der Waals surface area contributed by atoms with E-state index in [0.29, 0.717) is 5.56 Å². The van der Waals surface area contributed by atoms with E-state index in [-0.39, 0.29) is 23.4 Å². The third-order valence-corrected chi connectivity index (χ3v) is 4.07. The van der Waals surface area contributed by atoms with Gasteiger partial charge in [-0.1, -0.05) is 31.5 Å². The summed E-state index contributed by atoms with van der Waals surface area (Å²) in [7, 11) is 0. The fourth-order valence-corrected chi connectivity index (χ4v) is 2.54. The zero-order valence-electron chi connectivity index (χ0n) is 11.1. The molecule has 0 spiro atoms. The number of aliphatic hydroxyl groups is 1. The minimum atomic E-state index is -1.13. The first-order valence-electron chi connectivity index (χ1n) is 6.31. The highest BCUT2D eigenvalue weighted by molar-refractivity contribution is 6.31. The van der Waals surface area contributed by atoms with Crippen LogP contribution in [0.5, 0.6) is 0 Å². The summed E-state index contributed by atoms with van der Waals surface area (Å²) in [6, 6.07) is 3.60. The van der Waals surface area contributed by atoms with Gasteiger partial charge >= 0.3 is 0 Å². The number of likely N-dealkylation sites (tertiary alicyclic amines) is 1. The molecule has 0 bridgehead atoms. The van der Waals surface area contributed by atoms with Gasteiger partial charge in [0.2, 0.25) is 11.8 Å². The van der Waals surface area contributed by atoms with E-state index >= 15 is 0 Å². The SMILES string of the molecule is C[C@@H]1C(=O)N(C[C@H](O)c2ccc(F)cc2Cl)C(=O)[C@@H]1C. The molecule has 1 heterocycles. The van der Waals surface area contributed by atoms with E-state index in [1.54, 1.807) is 13.8 Å². The molecule has 1 aliphatic rings. The molecule has 0 aromatic heterocycles. The van der Waals surface area contributed by atoms with Crippen LogP contribution in [0.4, 0.5) is 4.39 Å². The highest BCUT2D eigenvalue weighted by atomic mass is 35.5. The number of rotatable bonds is 3. The summed E-state index contributed by atoms with van der Waals surface area (Å²) >= 11 is 5.85. The molecule has 2 rings (SSSR count). The van der Waals surface area contributed by atoms with Gasteiger partial charge in [0.15, 0.2) is 0 Å². The van der Waals surface area contributed by atoms with Crippen molar-refractivity contribution in [2.75, 3.05) is 6.54 Å². The fourth-order valence-electron chi connectivity index (χ4n) is 2.25. The molecule has 1 aliphatic heterocycles. The maximum atomic E-state index is 13.0. The molecule has 108 valence electrons. The van der Waals surface area contributed by atoms with E-state index in [4.69, 9.17) is 11.6 Å². The van der Waals surface area contributed by atoms with E-state index in [9.17, 15) is 19.1 Å². The number of nitrogens with zero attached hydrogens (tertiary/aromatic N) is 1. The summed E-state index contributed by atoms with van der Waals surface area (Å²) in [5.74, 6) is -1.90. The second kappa shape index (κ2) is 5.50. The van der Waals surface area contributed by atoms with Crippen molar-refractivity contribution in [3.63, 3.8) is 0 Å². The van der Waals surface area contributed by atoms with Crippen LogP contribution in [0.3, 0.4) is 0 Å². The quantitative estimate of drug-likeness (QED) is 0.870. The van der Waals surface area contributed by atoms with Crippen molar-refractivity contribution in [2.45, 2.75) is 20.0 Å². The molecule has 0 radical (unpaired) electrons. The van der Waals surface area contributed by atoms with Gasteiger partial charge in [-0.15, -0.1) is 0 Å². The van der Waals surface area contributed by atoms with Crippen molar-refractivity contribution in [3.05, 3.63) is 34.6 Å². The lowest BCUT2D eigenvalue weighted by atomic mass is 10.00. The Morgan fingerprint density at radius 2 is 1.85 bits per heavy atom. The number of hydrogen-bond donors (Lipinski definition) is 1. The number of aliphatic hydroxyl groups excluding tert-OH is 1. The zero-order chi connectivity index (χ0) is 15.0. The van der Waals surface area contributed by atoms with Crippen molar-refractivity contribution >= 4 is 23.4 Å². The Morgan fingerprint density at radius 3 is 2.35 bits per heavy atom. The molecule has 1 saturated heterocycles. The Hall–Kier alpha value is -1.46. The Kier molecular flexibility index (Phi) is 4.11. The van der Waals surface area contributed by atoms with E-state index in [1.807, 2.05) is 0 Å². The minimum Gasteiger partial charge on any atom is -0.386 e. The lowest BCUT2D eigenvalue weighted by Gasteiger charge is -2.20. The second-order valence-electron chi connectivity index (χ2n) is 5.05. The summed E-state index contributed by atoms with van der Waals surface area (Å²) in [6.07, 6.45) is -1.13. The number of β-amino-alcohol motifs (C(OH)–C–C–N with tert-alkyl or cyclic N) is 1. The zero-order valence-corrected chi connectivity index (χ0v) is 11.9. The molecule has 20 heavy (non-hydrogen) atoms. The van der Waals surface area contributed by atoms with Crippen LogP contribution in [0.25, 0.3) is 0 Å². The number of benzene rings is 1. The number of halogens is 2. The van der Waals surface area contributed by atoms with Gasteiger partial charge < -0.3 is 5.11 Å². The summed E-state index contributed by atoms with van der Waals surface area (Å²) in [5.41, 5.74) is 0.292. The third kappa shape index (κ3) is 2.55. The molecule has 3 atom stereocenters. The van der Waals surface area contributed by atoms with E-state index in [0.717, 1.165) is 11.0 Å². The molecule has 6 heteroatoms. The number of imide groups is 1. The maximum absolute atomic E-state index is 13.0. The molecule has 1 fully saturated rings. The Balaban J connectivity index is 2.18. The molecule has 4 nitrogen and oxygen atoms in total. The lowest BCUT2D eigenvalue weighted by Crippen LogP contribution is -2.34. The van der Waals surface area contributed by atoms with Gasteiger partial charge in [-0.2, -0.15) is 0 Å². The molecular formula is C14H15ClFNO3. The summed E-state index contributed by atoms with van der Waals surface area (Å²) < 4.78 is 13.0. The van der Waals surface area contributed by atoms with Gasteiger partial charge in [0.25, 0.3) is 0 Å². The van der Waals surface area contributed by atoms with Crippen LogP contribution in [0, 0.1) is 17.7 Å². The lowest BCUT2D eigenvalue weighted by molar-refractivity contribution is -0.141. The van der Waals surface area contributed by atoms with Crippen molar-refractivity contribution in [1.29, 1.82) is 0 Å². The van der Waals surface area contributed by atoms with Crippen molar-refractivity contribution in [2.24, 2.45) is 11.8 Å². The van der Waals surface area contributed by atoms with Crippen molar-refractivity contribution in [1.82, 2.24) is 4.90 Å². The summed E-state index contributed by atoms with van der Waals surface area (Å²) in [6.45, 7) is 3.20. The first-order chi connectivity index (χ1) is 9.32. The average Bonchev–Trinajstić information content (AvgIpc) is 2.56. The van der Waals surface area contributed by atoms with Crippen molar-refractivity contribution < 1.29 is 19.1 Å². The van der Waals surface area contributed by atoms with Gasteiger partial charge in [0, 0.05) is 22.4 Å². The van der Waals surface area contributed by atoms with Crippen LogP contribution < -0.4 is 0 Å². The number of hydrogen-bond acceptors (Lipinski definition) is 3. The number of carbonyl (C=O) groups excluding carboxylic acids is 2. The molecular weight excluding hydrogens is 285 g/mol. The van der Waals surface area contributed by atoms with Crippen LogP contribution >= 0.6 is 11.6 Å². The first-order valence-corrected chi connectivity index (χ1v) is 6.69. The fraction of sp³-hybridized carbons (Fsp3) is 0.429. The van der Waals surface area contributed by atoms with E-state index in [1.165, 1.54) is 12.1 Å². The van der Waals surface area contributed by atoms with Crippen LogP contribution in [0.15, 0.2) is 18.2 Å². The van der Waals surface area contributed by atoms with E-state index in [2.05, 4.69) is 0 Å². The largest absolute Gasteiger partial charge is 0.386 e. The summed E-state index contributed by atoms with van der Waals surface area (Å²) in [5, 5.41) is 10.2. The first kappa shape index (κ1) is 14.9. The Labute approximate surface area is 121 Å². The molecule has 0 unspecified atom stereocenters. The number of carbonyl (C=O) groups is 2. The van der Waals surface area contributed by atoms with E-state index < -0.39 is 23.8 Å². The van der Waals surface area contributed by atoms with Crippen LogP contribution in [0.1, 0.15) is 25.5 Å². The van der Waals surface area contributed by atoms with Gasteiger partial charge in [-0.25, -0.2) is 4.39 Å². The standard InChI is InChI=1S/C14H15ClFNO3/c1-7-8(2)14(20)17(13(7)19)6-12(18)10-4-3-9(16)5-11(10)15/h3-5,7-8,12,18H,6H2,1-2H3/t7-,8+,12-/m0/s1. The van der Waals surface area contributed by atoms with Crippen LogP contribution in [-0.2, 0) is 9.59 Å². The van der Waals surface area contributed by atoms with Gasteiger partial charge in [-0.3, -0.25) is 14.5 Å². The van der Waals surface area contributed by atoms with Crippen LogP contribution in [-0.4, -0.2) is 28.4 Å². The predicted molar refractivity (Wildman–Crippen MR) is 71.4 cm³/mol. The summed E-state index contributed by atoms with van der Waals surface area (Å²) in [4.78, 5) is 24.9. The smallest absolute Gasteiger partial charge is 0.232 e. The second-order valence-corrected chi connectivity index (χ2v) is 5.45. The Bertz CT molecular complexity index is 543. The normalized spacial score (nSPS) is 24.4. The number of amides is 2. The molecule has 1 aromatic carbocycles. The molecule has 0 saturated carbocycles. The molecule has 1 aromatic rings. The van der Waals surface area contributed by atoms with Crippen molar-refractivity contribution in [3.8, 4) is 0 Å². The van der Waals surface area contributed by atoms with Gasteiger partial charge in [0.1, 0.15) is 5.82 Å². The molecule has 1 N–H and O–H groups in total. The van der Waals surface area contributed by atoms with Crippen LogP contribution in [0.2, 0.25) is 5.02 Å².